The first-order chi connectivity index (χ1) is 6.52. The monoisotopic (exact) mass is 223 g/mol. The molecule has 0 amide bonds. The number of aliphatic hydroxyl groups excluding tert-OH is 3. The van der Waals surface area contributed by atoms with Gasteiger partial charge in [-0.15, -0.1) is 0 Å². The zero-order chi connectivity index (χ0) is 10.7. The summed E-state index contributed by atoms with van der Waals surface area (Å²) in [5, 5.41) is 27.8. The number of hydrogen-bond acceptors (Lipinski definition) is 6. The minimum atomic E-state index is -1.26. The number of hydrazine groups is 1. The third-order valence-corrected chi connectivity index (χ3v) is 1.94. The van der Waals surface area contributed by atoms with Gasteiger partial charge in [0, 0.05) is 0 Å². The van der Waals surface area contributed by atoms with Crippen molar-refractivity contribution >= 4 is 17.3 Å². The van der Waals surface area contributed by atoms with E-state index in [0.717, 1.165) is 0 Å². The van der Waals surface area contributed by atoms with Gasteiger partial charge < -0.3 is 25.8 Å². The molecule has 1 aliphatic heterocycles. The third kappa shape index (κ3) is 2.74. The van der Waals surface area contributed by atoms with E-state index in [1.54, 1.807) is 0 Å². The first kappa shape index (κ1) is 11.6. The minimum Gasteiger partial charge on any atom is -0.388 e. The molecule has 7 N–H and O–H groups in total. The van der Waals surface area contributed by atoms with Crippen molar-refractivity contribution in [1.29, 1.82) is 0 Å². The molecule has 0 aliphatic carbocycles. The Bertz CT molecular complexity index is 217. The Kier molecular flexibility index (Phi) is 3.98. The van der Waals surface area contributed by atoms with Gasteiger partial charge in [-0.1, -0.05) is 0 Å². The van der Waals surface area contributed by atoms with Crippen LogP contribution in [0.4, 0.5) is 0 Å². The molecule has 1 rings (SSSR count). The summed E-state index contributed by atoms with van der Waals surface area (Å²) < 4.78 is 4.97. The highest BCUT2D eigenvalue weighted by molar-refractivity contribution is 7.80. The topological polar surface area (TPSA) is 120 Å². The molecule has 14 heavy (non-hydrogen) atoms. The van der Waals surface area contributed by atoms with E-state index in [-0.39, 0.29) is 11.7 Å². The quantitative estimate of drug-likeness (QED) is 0.213. The van der Waals surface area contributed by atoms with E-state index in [9.17, 15) is 10.2 Å². The highest BCUT2D eigenvalue weighted by Gasteiger charge is 2.37. The van der Waals surface area contributed by atoms with Crippen LogP contribution < -0.4 is 16.6 Å². The maximum atomic E-state index is 9.40. The van der Waals surface area contributed by atoms with Crippen LogP contribution in [-0.2, 0) is 4.74 Å². The molecule has 1 fully saturated rings. The Labute approximate surface area is 85.8 Å². The normalized spacial score (nSPS) is 37.9. The van der Waals surface area contributed by atoms with Crippen molar-refractivity contribution < 1.29 is 20.1 Å². The Morgan fingerprint density at radius 1 is 1.36 bits per heavy atom. The molecule has 0 saturated carbocycles. The fourth-order valence-electron chi connectivity index (χ4n) is 1.08. The van der Waals surface area contributed by atoms with Gasteiger partial charge in [-0.3, -0.25) is 5.43 Å². The fraction of sp³-hybridized carbons (Fsp3) is 0.833. The predicted octanol–water partition coefficient (Wildman–Crippen LogP) is -3.24. The number of thiocarbonyl (C=S) groups is 1. The number of nitrogens with two attached hydrogens (primary N) is 1. The second kappa shape index (κ2) is 4.82. The molecule has 1 heterocycles. The molecule has 8 heteroatoms. The van der Waals surface area contributed by atoms with Crippen molar-refractivity contribution in [3.05, 3.63) is 0 Å². The Morgan fingerprint density at radius 3 is 2.57 bits per heavy atom. The molecule has 0 bridgehead atoms. The van der Waals surface area contributed by atoms with E-state index in [0.29, 0.717) is 0 Å². The molecule has 0 aromatic carbocycles. The largest absolute Gasteiger partial charge is 0.388 e. The van der Waals surface area contributed by atoms with E-state index in [2.05, 4.69) is 23.1 Å². The highest BCUT2D eigenvalue weighted by Crippen LogP contribution is 2.12. The second-order valence-corrected chi connectivity index (χ2v) is 3.38. The van der Waals surface area contributed by atoms with Crippen molar-refractivity contribution in [2.24, 2.45) is 5.73 Å². The van der Waals surface area contributed by atoms with E-state index in [1.807, 2.05) is 0 Å². The molecule has 0 aromatic heterocycles. The maximum absolute atomic E-state index is 9.40. The second-order valence-electron chi connectivity index (χ2n) is 2.94. The van der Waals surface area contributed by atoms with Gasteiger partial charge in [0.25, 0.3) is 0 Å². The van der Waals surface area contributed by atoms with Gasteiger partial charge in [0.2, 0.25) is 0 Å². The average Bonchev–Trinajstić information content (AvgIpc) is 2.13. The van der Waals surface area contributed by atoms with E-state index in [1.165, 1.54) is 0 Å². The number of aliphatic hydroxyl groups is 3. The van der Waals surface area contributed by atoms with E-state index < -0.39 is 24.5 Å². The van der Waals surface area contributed by atoms with E-state index in [4.69, 9.17) is 15.6 Å². The van der Waals surface area contributed by atoms with Crippen LogP contribution in [0.5, 0.6) is 0 Å². The summed E-state index contributed by atoms with van der Waals surface area (Å²) >= 11 is 4.51. The molecule has 7 nitrogen and oxygen atoms in total. The summed E-state index contributed by atoms with van der Waals surface area (Å²) in [4.78, 5) is 0. The molecular weight excluding hydrogens is 210 g/mol. The highest BCUT2D eigenvalue weighted by atomic mass is 32.1. The van der Waals surface area contributed by atoms with Crippen LogP contribution in [0.25, 0.3) is 0 Å². The van der Waals surface area contributed by atoms with Crippen LogP contribution in [-0.4, -0.2) is 51.6 Å². The van der Waals surface area contributed by atoms with Gasteiger partial charge in [-0.25, -0.2) is 5.43 Å². The molecule has 0 radical (unpaired) electrons. The van der Waals surface area contributed by atoms with Crippen LogP contribution >= 0.6 is 12.2 Å². The summed E-state index contributed by atoms with van der Waals surface area (Å²) in [6.07, 6.45) is -4.46. The Morgan fingerprint density at radius 2 is 2.00 bits per heavy atom. The van der Waals surface area contributed by atoms with Crippen LogP contribution in [0.2, 0.25) is 0 Å². The predicted molar refractivity (Wildman–Crippen MR) is 50.8 cm³/mol. The maximum Gasteiger partial charge on any atom is 0.178 e. The van der Waals surface area contributed by atoms with Crippen LogP contribution in [0, 0.1) is 0 Å². The standard InChI is InChI=1S/C6H13N3O4S/c7-6(14)9-8-5-4(12)3(11)2(10)1-13-5/h2-5,8,10-12H,1H2,(H3,7,9,14)/t2-,3+,4+,5+/m0/s1. The van der Waals surface area contributed by atoms with Gasteiger partial charge in [-0.05, 0) is 12.2 Å². The molecule has 82 valence electrons. The summed E-state index contributed by atoms with van der Waals surface area (Å²) in [6.45, 7) is -0.0745. The van der Waals surface area contributed by atoms with Crippen molar-refractivity contribution in [3.8, 4) is 0 Å². The van der Waals surface area contributed by atoms with Gasteiger partial charge in [0.05, 0.1) is 6.61 Å². The zero-order valence-corrected chi connectivity index (χ0v) is 8.07. The van der Waals surface area contributed by atoms with Crippen molar-refractivity contribution in [1.82, 2.24) is 10.9 Å². The van der Waals surface area contributed by atoms with Gasteiger partial charge in [-0.2, -0.15) is 0 Å². The SMILES string of the molecule is NC(=S)NN[C@@H]1OC[C@H](O)[C@@H](O)[C@H]1O. The van der Waals surface area contributed by atoms with Crippen molar-refractivity contribution in [3.63, 3.8) is 0 Å². The van der Waals surface area contributed by atoms with Gasteiger partial charge in [0.15, 0.2) is 11.3 Å². The lowest BCUT2D eigenvalue weighted by molar-refractivity contribution is -0.196. The zero-order valence-electron chi connectivity index (χ0n) is 7.25. The average molecular weight is 223 g/mol. The van der Waals surface area contributed by atoms with Crippen molar-refractivity contribution in [2.45, 2.75) is 24.5 Å². The van der Waals surface area contributed by atoms with Crippen LogP contribution in [0.1, 0.15) is 0 Å². The molecule has 4 atom stereocenters. The molecule has 0 aromatic rings. The third-order valence-electron chi connectivity index (χ3n) is 1.84. The van der Waals surface area contributed by atoms with Crippen LogP contribution in [0.3, 0.4) is 0 Å². The molecule has 1 aliphatic rings. The summed E-state index contributed by atoms with van der Waals surface area (Å²) in [7, 11) is 0. The smallest absolute Gasteiger partial charge is 0.178 e. The number of rotatable bonds is 2. The Balaban J connectivity index is 2.42. The summed E-state index contributed by atoms with van der Waals surface area (Å²) in [5.41, 5.74) is 9.95. The Hall–Kier alpha value is -0.510. The molecule has 1 saturated heterocycles. The lowest BCUT2D eigenvalue weighted by Crippen LogP contribution is -2.61. The molecular formula is C6H13N3O4S. The number of hydrogen-bond donors (Lipinski definition) is 6. The first-order valence-corrected chi connectivity index (χ1v) is 4.40. The number of nitrogens with one attached hydrogen (secondary N) is 2. The van der Waals surface area contributed by atoms with Crippen molar-refractivity contribution in [2.75, 3.05) is 6.61 Å². The van der Waals surface area contributed by atoms with Gasteiger partial charge in [0.1, 0.15) is 18.3 Å². The molecule has 0 spiro atoms. The lowest BCUT2D eigenvalue weighted by atomic mass is 10.1. The van der Waals surface area contributed by atoms with Crippen LogP contribution in [0.15, 0.2) is 0 Å². The number of ether oxygens (including phenoxy) is 1. The fourth-order valence-corrected chi connectivity index (χ4v) is 1.13. The summed E-state index contributed by atoms with van der Waals surface area (Å²) in [5.74, 6) is 0. The van der Waals surface area contributed by atoms with Gasteiger partial charge >= 0.3 is 0 Å². The summed E-state index contributed by atoms with van der Waals surface area (Å²) in [6, 6.07) is 0. The minimum absolute atomic E-state index is 0.0126. The molecule has 0 unspecified atom stereocenters. The first-order valence-electron chi connectivity index (χ1n) is 3.99. The lowest BCUT2D eigenvalue weighted by Gasteiger charge is -2.35. The van der Waals surface area contributed by atoms with E-state index >= 15 is 0 Å².